The van der Waals surface area contributed by atoms with Gasteiger partial charge in [0.25, 0.3) is 5.91 Å². The quantitative estimate of drug-likeness (QED) is 0.307. The van der Waals surface area contributed by atoms with E-state index in [2.05, 4.69) is 45.1 Å². The largest absolute Gasteiger partial charge is 0.492 e. The summed E-state index contributed by atoms with van der Waals surface area (Å²) in [6, 6.07) is 14.0. The summed E-state index contributed by atoms with van der Waals surface area (Å²) < 4.78 is 5.91. The Morgan fingerprint density at radius 1 is 1.02 bits per heavy atom. The van der Waals surface area contributed by atoms with Crippen molar-refractivity contribution in [3.63, 3.8) is 0 Å². The van der Waals surface area contributed by atoms with Crippen molar-refractivity contribution in [1.29, 1.82) is 0 Å². The van der Waals surface area contributed by atoms with E-state index < -0.39 is 0 Å². The van der Waals surface area contributed by atoms with Crippen LogP contribution in [0.5, 0.6) is 5.75 Å². The lowest BCUT2D eigenvalue weighted by atomic mass is 10.1. The van der Waals surface area contributed by atoms with E-state index in [9.17, 15) is 4.79 Å². The first-order chi connectivity index (χ1) is 20.0. The number of ether oxygens (including phenoxy) is 1. The molecular weight excluding hydrogens is 518 g/mol. The number of nitrogens with zero attached hydrogens (tertiary/aromatic N) is 6. The summed E-state index contributed by atoms with van der Waals surface area (Å²) >= 11 is 0. The van der Waals surface area contributed by atoms with Gasteiger partial charge in [-0.05, 0) is 62.3 Å². The number of hydrogen-bond acceptors (Lipinski definition) is 8. The average Bonchev–Trinajstić information content (AvgIpc) is 3.68. The van der Waals surface area contributed by atoms with Crippen molar-refractivity contribution in [2.75, 3.05) is 66.6 Å². The van der Waals surface area contributed by atoms with Crippen molar-refractivity contribution < 1.29 is 14.6 Å². The van der Waals surface area contributed by atoms with Gasteiger partial charge in [0.15, 0.2) is 0 Å². The standard InChI is InChI=1S/C31H37N7O3/c1-36-9-11-38(12-10-36)31(40)29-18-22-17-21(3-4-26(22)34-29)24-20-25(24)30-33-8-6-27(35-30)28-19-23(5-7-32-28)41-16-14-37(2)13-15-39/h3-8,17-19,24-25,34,39H,9-16,20H2,1-2H3. The summed E-state index contributed by atoms with van der Waals surface area (Å²) in [5.74, 6) is 2.23. The number of piperazine rings is 1. The topological polar surface area (TPSA) is 111 Å². The number of pyridine rings is 1. The van der Waals surface area contributed by atoms with Crippen molar-refractivity contribution in [2.45, 2.75) is 18.3 Å². The molecule has 6 rings (SSSR count). The molecule has 1 aliphatic heterocycles. The number of nitrogens with one attached hydrogen (secondary N) is 1. The number of carbonyl (C=O) groups excluding carboxylic acids is 1. The molecule has 1 amide bonds. The molecule has 0 bridgehead atoms. The van der Waals surface area contributed by atoms with Crippen molar-refractivity contribution in [3.05, 3.63) is 71.9 Å². The number of H-pyrrole nitrogens is 1. The lowest BCUT2D eigenvalue weighted by molar-refractivity contribution is 0.0659. The van der Waals surface area contributed by atoms with E-state index >= 15 is 0 Å². The molecule has 0 radical (unpaired) electrons. The van der Waals surface area contributed by atoms with Crippen LogP contribution in [0.1, 0.15) is 40.1 Å². The van der Waals surface area contributed by atoms with E-state index in [4.69, 9.17) is 14.8 Å². The molecule has 1 saturated carbocycles. The van der Waals surface area contributed by atoms with E-state index in [-0.39, 0.29) is 18.4 Å². The predicted octanol–water partition coefficient (Wildman–Crippen LogP) is 2.98. The molecule has 2 unspecified atom stereocenters. The number of hydrogen-bond donors (Lipinski definition) is 2. The van der Waals surface area contributed by atoms with Gasteiger partial charge in [-0.15, -0.1) is 0 Å². The molecule has 4 heterocycles. The van der Waals surface area contributed by atoms with Gasteiger partial charge in [0.1, 0.15) is 23.9 Å². The highest BCUT2D eigenvalue weighted by Crippen LogP contribution is 2.54. The zero-order valence-corrected chi connectivity index (χ0v) is 23.7. The summed E-state index contributed by atoms with van der Waals surface area (Å²) in [7, 11) is 4.04. The van der Waals surface area contributed by atoms with Gasteiger partial charge in [0.2, 0.25) is 0 Å². The number of rotatable bonds is 10. The van der Waals surface area contributed by atoms with Crippen LogP contribution in [0, 0.1) is 0 Å². The molecule has 1 aromatic carbocycles. The van der Waals surface area contributed by atoms with Crippen molar-refractivity contribution >= 4 is 16.8 Å². The number of aromatic amines is 1. The second kappa shape index (κ2) is 11.9. The van der Waals surface area contributed by atoms with Crippen LogP contribution < -0.4 is 4.74 Å². The van der Waals surface area contributed by atoms with Gasteiger partial charge in [-0.25, -0.2) is 9.97 Å². The second-order valence-electron chi connectivity index (χ2n) is 11.1. The molecule has 1 saturated heterocycles. The second-order valence-corrected chi connectivity index (χ2v) is 11.1. The maximum absolute atomic E-state index is 13.1. The average molecular weight is 556 g/mol. The number of aliphatic hydroxyl groups is 1. The Labute approximate surface area is 240 Å². The minimum atomic E-state index is 0.0717. The summed E-state index contributed by atoms with van der Waals surface area (Å²) in [5, 5.41) is 10.1. The summed E-state index contributed by atoms with van der Waals surface area (Å²) in [6.07, 6.45) is 4.53. The zero-order chi connectivity index (χ0) is 28.3. The maximum Gasteiger partial charge on any atom is 0.270 e. The normalized spacial score (nSPS) is 19.2. The zero-order valence-electron chi connectivity index (χ0n) is 23.7. The third-order valence-corrected chi connectivity index (χ3v) is 8.11. The Balaban J connectivity index is 1.12. The van der Waals surface area contributed by atoms with Gasteiger partial charge >= 0.3 is 0 Å². The molecule has 2 atom stereocenters. The number of likely N-dealkylation sites (N-methyl/N-ethyl adjacent to an activating group) is 2. The van der Waals surface area contributed by atoms with Crippen LogP contribution in [-0.4, -0.2) is 112 Å². The fraction of sp³-hybridized carbons (Fsp3) is 0.419. The van der Waals surface area contributed by atoms with Crippen molar-refractivity contribution in [3.8, 4) is 17.1 Å². The van der Waals surface area contributed by atoms with Gasteiger partial charge in [-0.3, -0.25) is 9.78 Å². The van der Waals surface area contributed by atoms with E-state index in [1.165, 1.54) is 5.56 Å². The number of amides is 1. The van der Waals surface area contributed by atoms with Gasteiger partial charge in [0, 0.05) is 74.5 Å². The van der Waals surface area contributed by atoms with E-state index in [1.807, 2.05) is 41.1 Å². The van der Waals surface area contributed by atoms with E-state index in [0.717, 1.165) is 73.0 Å². The predicted molar refractivity (Wildman–Crippen MR) is 157 cm³/mol. The van der Waals surface area contributed by atoms with Crippen LogP contribution in [0.25, 0.3) is 22.3 Å². The molecule has 10 heteroatoms. The first kappa shape index (κ1) is 27.3. The monoisotopic (exact) mass is 555 g/mol. The van der Waals surface area contributed by atoms with Crippen LogP contribution in [0.2, 0.25) is 0 Å². The van der Waals surface area contributed by atoms with Crippen molar-refractivity contribution in [1.82, 2.24) is 34.6 Å². The molecule has 2 aliphatic rings. The van der Waals surface area contributed by atoms with Crippen LogP contribution in [0.3, 0.4) is 0 Å². The summed E-state index contributed by atoms with van der Waals surface area (Å²) in [5.41, 5.74) is 4.40. The molecule has 3 aromatic heterocycles. The number of aliphatic hydroxyl groups excluding tert-OH is 1. The fourth-order valence-corrected chi connectivity index (χ4v) is 5.46. The molecule has 41 heavy (non-hydrogen) atoms. The number of benzene rings is 1. The summed E-state index contributed by atoms with van der Waals surface area (Å²) in [6.45, 7) is 5.32. The first-order valence-electron chi connectivity index (χ1n) is 14.3. The minimum Gasteiger partial charge on any atom is -0.492 e. The third kappa shape index (κ3) is 6.24. The molecule has 1 aliphatic carbocycles. The highest BCUT2D eigenvalue weighted by atomic mass is 16.5. The molecule has 4 aromatic rings. The lowest BCUT2D eigenvalue weighted by Gasteiger charge is -2.32. The molecule has 214 valence electrons. The number of fused-ring (bicyclic) bond motifs is 1. The van der Waals surface area contributed by atoms with E-state index in [1.54, 1.807) is 12.4 Å². The van der Waals surface area contributed by atoms with Gasteiger partial charge < -0.3 is 29.5 Å². The Morgan fingerprint density at radius 2 is 1.85 bits per heavy atom. The Hall–Kier alpha value is -3.86. The Kier molecular flexibility index (Phi) is 7.95. The highest BCUT2D eigenvalue weighted by Gasteiger charge is 2.42. The van der Waals surface area contributed by atoms with Gasteiger partial charge in [-0.1, -0.05) is 6.07 Å². The van der Waals surface area contributed by atoms with Crippen LogP contribution in [0.15, 0.2) is 54.9 Å². The molecular formula is C31H37N7O3. The van der Waals surface area contributed by atoms with Crippen LogP contribution >= 0.6 is 0 Å². The molecule has 2 N–H and O–H groups in total. The summed E-state index contributed by atoms with van der Waals surface area (Å²) in [4.78, 5) is 36.6. The Bertz CT molecular complexity index is 1510. The maximum atomic E-state index is 13.1. The number of aromatic nitrogens is 4. The minimum absolute atomic E-state index is 0.0717. The van der Waals surface area contributed by atoms with Gasteiger partial charge in [0.05, 0.1) is 18.0 Å². The molecule has 2 fully saturated rings. The lowest BCUT2D eigenvalue weighted by Crippen LogP contribution is -2.47. The first-order valence-corrected chi connectivity index (χ1v) is 14.3. The number of carbonyl (C=O) groups is 1. The molecule has 0 spiro atoms. The SMILES string of the molecule is CN(CCO)CCOc1ccnc(-c2ccnc(C3CC3c3ccc4[nH]c(C(=O)N5CCN(C)CC5)cc4c3)n2)c1. The van der Waals surface area contributed by atoms with Gasteiger partial charge in [-0.2, -0.15) is 0 Å². The van der Waals surface area contributed by atoms with Crippen LogP contribution in [-0.2, 0) is 0 Å². The van der Waals surface area contributed by atoms with Crippen LogP contribution in [0.4, 0.5) is 0 Å². The molecule has 10 nitrogen and oxygen atoms in total. The van der Waals surface area contributed by atoms with Crippen molar-refractivity contribution in [2.24, 2.45) is 0 Å². The van der Waals surface area contributed by atoms with E-state index in [0.29, 0.717) is 24.8 Å². The fourth-order valence-electron chi connectivity index (χ4n) is 5.46. The Morgan fingerprint density at radius 3 is 2.68 bits per heavy atom. The highest BCUT2D eigenvalue weighted by molar-refractivity contribution is 5.98. The third-order valence-electron chi connectivity index (χ3n) is 8.11. The smallest absolute Gasteiger partial charge is 0.270 e.